The van der Waals surface area contributed by atoms with Gasteiger partial charge in [0.15, 0.2) is 0 Å². The third-order valence-corrected chi connectivity index (χ3v) is 10.5. The molecule has 0 fully saturated rings. The predicted octanol–water partition coefficient (Wildman–Crippen LogP) is 6.99. The van der Waals surface area contributed by atoms with Crippen molar-refractivity contribution in [3.8, 4) is 40.0 Å². The van der Waals surface area contributed by atoms with Crippen LogP contribution in [0.3, 0.4) is 0 Å². The van der Waals surface area contributed by atoms with Crippen LogP contribution in [0.15, 0.2) is 170 Å². The molecule has 0 radical (unpaired) electrons. The molecule has 0 amide bonds. The summed E-state index contributed by atoms with van der Waals surface area (Å²) in [6, 6.07) is 62.0. The number of hydrogen-bond acceptors (Lipinski definition) is 2. The van der Waals surface area contributed by atoms with Gasteiger partial charge in [0, 0.05) is 16.8 Å². The summed E-state index contributed by atoms with van der Waals surface area (Å²) in [6.45, 7) is -0.134. The number of imidazole rings is 2. The monoisotopic (exact) mass is 873 g/mol. The molecule has 1 N–H and O–H groups in total. The molecule has 0 spiro atoms. The number of rotatable bonds is 5. The summed E-state index contributed by atoms with van der Waals surface area (Å²) in [4.78, 5) is 5.50. The van der Waals surface area contributed by atoms with Crippen LogP contribution in [0.25, 0.3) is 67.1 Å². The number of aromatic hydroxyl groups is 1. The second-order valence-electron chi connectivity index (χ2n) is 13.5. The predicted molar refractivity (Wildman–Crippen MR) is 212 cm³/mol. The Morgan fingerprint density at radius 2 is 1.33 bits per heavy atom. The van der Waals surface area contributed by atoms with Crippen molar-refractivity contribution < 1.29 is 30.7 Å². The van der Waals surface area contributed by atoms with E-state index >= 15 is 0 Å². The standard InChI is InChI=1S/C46H29BN5O.Pt/c53-42-26-13-10-21-37(42)45-48-46-44(51(45)33-19-8-3-9-20-33)47(31-15-4-1-5-16-31)38-23-14-22-36-35-28-27-34(29-41(35)52(46)43(36)38)50-30-49(32-17-6-2-7-18-32)39-24-11-12-25-40(39)50;/h1-28,53H;/q-1;+2. The summed E-state index contributed by atoms with van der Waals surface area (Å²) in [5.74, 6) is 1.67. The van der Waals surface area contributed by atoms with E-state index in [0.717, 1.165) is 61.3 Å². The van der Waals surface area contributed by atoms with Crippen molar-refractivity contribution in [2.24, 2.45) is 0 Å². The molecule has 0 saturated heterocycles. The Hall–Kier alpha value is -6.43. The molecular weight excluding hydrogens is 844 g/mol. The topological polar surface area (TPSA) is 51.8 Å². The van der Waals surface area contributed by atoms with Gasteiger partial charge in [0.2, 0.25) is 0 Å². The van der Waals surface area contributed by atoms with Crippen LogP contribution >= 0.6 is 0 Å². The molecule has 11 rings (SSSR count). The van der Waals surface area contributed by atoms with Crippen LogP contribution in [0.4, 0.5) is 0 Å². The van der Waals surface area contributed by atoms with E-state index in [9.17, 15) is 5.11 Å². The molecule has 6 nitrogen and oxygen atoms in total. The Morgan fingerprint density at radius 1 is 0.630 bits per heavy atom. The minimum Gasteiger partial charge on any atom is -0.507 e. The smallest absolute Gasteiger partial charge is 0.507 e. The summed E-state index contributed by atoms with van der Waals surface area (Å²) in [7, 11) is 0. The maximum Gasteiger partial charge on any atom is 2.00 e. The number of phenolic OH excluding ortho intramolecular Hbond substituents is 1. The van der Waals surface area contributed by atoms with E-state index in [1.165, 1.54) is 10.9 Å². The molecule has 0 saturated carbocycles. The number of nitrogens with zero attached hydrogens (tertiary/aromatic N) is 5. The third kappa shape index (κ3) is 4.72. The Morgan fingerprint density at radius 3 is 2.13 bits per heavy atom. The molecule has 7 aromatic carbocycles. The van der Waals surface area contributed by atoms with Gasteiger partial charge in [0.1, 0.15) is 17.4 Å². The number of fused-ring (bicyclic) bond motifs is 6. The van der Waals surface area contributed by atoms with Gasteiger partial charge >= 0.3 is 21.1 Å². The Balaban J connectivity index is 0.00000361. The molecule has 54 heavy (non-hydrogen) atoms. The first kappa shape index (κ1) is 32.2. The van der Waals surface area contributed by atoms with Crippen LogP contribution in [0.5, 0.6) is 5.75 Å². The zero-order valence-electron chi connectivity index (χ0n) is 28.7. The SMILES string of the molecule is Oc1ccccc1-c1nc2c(n1-c1ccccc1)B(c1ccccc1)c1cccc3c4ccc(-n5[c-][n+](-c6ccccc6)c6ccccc65)[c-]c4n-2c13.[Pt+2]. The van der Waals surface area contributed by atoms with Crippen molar-refractivity contribution in [1.29, 1.82) is 0 Å². The van der Waals surface area contributed by atoms with E-state index < -0.39 is 0 Å². The van der Waals surface area contributed by atoms with Crippen LogP contribution in [-0.2, 0) is 21.1 Å². The average molecular weight is 874 g/mol. The molecule has 0 aliphatic carbocycles. The number of aromatic nitrogens is 5. The van der Waals surface area contributed by atoms with Gasteiger partial charge in [-0.3, -0.25) is 4.57 Å². The Labute approximate surface area is 326 Å². The molecule has 1 aliphatic rings. The van der Waals surface area contributed by atoms with E-state index in [4.69, 9.17) is 4.98 Å². The molecule has 0 bridgehead atoms. The molecule has 8 heteroatoms. The first-order chi connectivity index (χ1) is 26.2. The van der Waals surface area contributed by atoms with Gasteiger partial charge in [-0.2, -0.15) is 12.1 Å². The van der Waals surface area contributed by atoms with Crippen molar-refractivity contribution >= 4 is 56.1 Å². The molecule has 3 aromatic heterocycles. The van der Waals surface area contributed by atoms with E-state index in [-0.39, 0.29) is 33.5 Å². The first-order valence-corrected chi connectivity index (χ1v) is 17.8. The third-order valence-electron chi connectivity index (χ3n) is 10.5. The molecule has 0 atom stereocenters. The number of benzene rings is 7. The van der Waals surface area contributed by atoms with Gasteiger partial charge in [-0.1, -0.05) is 132 Å². The van der Waals surface area contributed by atoms with Crippen LogP contribution in [-0.4, -0.2) is 30.5 Å². The Kier molecular flexibility index (Phi) is 7.53. The van der Waals surface area contributed by atoms with Crippen molar-refractivity contribution in [2.75, 3.05) is 0 Å². The largest absolute Gasteiger partial charge is 2.00 e. The summed E-state index contributed by atoms with van der Waals surface area (Å²) in [5, 5.41) is 13.5. The fourth-order valence-electron chi connectivity index (χ4n) is 8.24. The zero-order chi connectivity index (χ0) is 35.0. The van der Waals surface area contributed by atoms with E-state index in [1.54, 1.807) is 6.07 Å². The van der Waals surface area contributed by atoms with Crippen LogP contribution in [0.2, 0.25) is 0 Å². The molecule has 1 aliphatic heterocycles. The number of phenols is 1. The van der Waals surface area contributed by atoms with Crippen LogP contribution in [0, 0.1) is 12.4 Å². The number of hydrogen-bond donors (Lipinski definition) is 1. The van der Waals surface area contributed by atoms with Crippen LogP contribution in [0.1, 0.15) is 0 Å². The second-order valence-corrected chi connectivity index (χ2v) is 13.5. The minimum absolute atomic E-state index is 0. The average Bonchev–Trinajstić information content (AvgIpc) is 3.90. The van der Waals surface area contributed by atoms with Gasteiger partial charge in [0.05, 0.1) is 22.3 Å². The minimum atomic E-state index is -0.134. The fourth-order valence-corrected chi connectivity index (χ4v) is 8.24. The molecular formula is C46H29BN5OPt+. The van der Waals surface area contributed by atoms with Crippen molar-refractivity contribution in [3.63, 3.8) is 0 Å². The molecule has 0 unspecified atom stereocenters. The molecule has 256 valence electrons. The summed E-state index contributed by atoms with van der Waals surface area (Å²) in [6.07, 6.45) is 3.64. The van der Waals surface area contributed by atoms with Crippen molar-refractivity contribution in [3.05, 3.63) is 182 Å². The molecule has 10 aromatic rings. The molecule has 4 heterocycles. The van der Waals surface area contributed by atoms with Crippen LogP contribution < -0.4 is 21.1 Å². The maximum absolute atomic E-state index is 11.3. The fraction of sp³-hybridized carbons (Fsp3) is 0. The van der Waals surface area contributed by atoms with Gasteiger partial charge in [-0.25, -0.2) is 4.98 Å². The number of para-hydroxylation sites is 6. The summed E-state index contributed by atoms with van der Waals surface area (Å²) in [5.41, 5.74) is 11.0. The maximum atomic E-state index is 11.3. The summed E-state index contributed by atoms with van der Waals surface area (Å²) >= 11 is 0. The van der Waals surface area contributed by atoms with Gasteiger partial charge < -0.3 is 18.8 Å². The summed E-state index contributed by atoms with van der Waals surface area (Å²) < 4.78 is 8.72. The quantitative estimate of drug-likeness (QED) is 0.115. The zero-order valence-corrected chi connectivity index (χ0v) is 31.0. The van der Waals surface area contributed by atoms with E-state index in [1.807, 2.05) is 54.6 Å². The van der Waals surface area contributed by atoms with E-state index in [0.29, 0.717) is 11.4 Å². The Bertz CT molecular complexity index is 3030. The van der Waals surface area contributed by atoms with E-state index in [2.05, 4.69) is 140 Å². The van der Waals surface area contributed by atoms with Gasteiger partial charge in [-0.15, -0.1) is 11.5 Å². The van der Waals surface area contributed by atoms with Crippen molar-refractivity contribution in [1.82, 2.24) is 18.7 Å². The van der Waals surface area contributed by atoms with Gasteiger partial charge in [-0.05, 0) is 52.9 Å². The van der Waals surface area contributed by atoms with Crippen molar-refractivity contribution in [2.45, 2.75) is 0 Å². The normalized spacial score (nSPS) is 12.0. The second kappa shape index (κ2) is 12.6. The van der Waals surface area contributed by atoms with Gasteiger partial charge in [0.25, 0.3) is 13.0 Å². The first-order valence-electron chi connectivity index (χ1n) is 17.8.